The molecule has 3 rings (SSSR count). The summed E-state index contributed by atoms with van der Waals surface area (Å²) in [5.41, 5.74) is 7.95. The van der Waals surface area contributed by atoms with Gasteiger partial charge in [-0.25, -0.2) is 0 Å². The molecule has 4 heteroatoms. The first-order valence-corrected chi connectivity index (χ1v) is 8.86. The van der Waals surface area contributed by atoms with E-state index in [0.29, 0.717) is 0 Å². The van der Waals surface area contributed by atoms with Gasteiger partial charge in [0.05, 0.1) is 0 Å². The van der Waals surface area contributed by atoms with Crippen LogP contribution in [0.3, 0.4) is 0 Å². The fourth-order valence-electron chi connectivity index (χ4n) is 3.66. The molecule has 22 heavy (non-hydrogen) atoms. The van der Waals surface area contributed by atoms with Crippen molar-refractivity contribution in [2.24, 2.45) is 0 Å². The third-order valence-corrected chi connectivity index (χ3v) is 4.99. The Hall–Kier alpha value is -1.26. The topological polar surface area (TPSA) is 35.7 Å². The molecule has 0 aliphatic carbocycles. The lowest BCUT2D eigenvalue weighted by Gasteiger charge is -2.24. The molecule has 2 aliphatic heterocycles. The summed E-state index contributed by atoms with van der Waals surface area (Å²) in [4.78, 5) is 7.77. The first-order valence-electron chi connectivity index (χ1n) is 8.86. The number of anilines is 2. The zero-order valence-electron chi connectivity index (χ0n) is 13.7. The molecule has 4 nitrogen and oxygen atoms in total. The largest absolute Gasteiger partial charge is 0.399 e. The van der Waals surface area contributed by atoms with Gasteiger partial charge in [0, 0.05) is 31.0 Å². The molecule has 0 spiro atoms. The Morgan fingerprint density at radius 3 is 2.09 bits per heavy atom. The molecule has 1 aromatic rings. The van der Waals surface area contributed by atoms with Crippen molar-refractivity contribution in [2.75, 3.05) is 63.0 Å². The fourth-order valence-corrected chi connectivity index (χ4v) is 3.66. The van der Waals surface area contributed by atoms with Gasteiger partial charge in [-0.05, 0) is 82.7 Å². The monoisotopic (exact) mass is 302 g/mol. The maximum absolute atomic E-state index is 5.78. The predicted octanol–water partition coefficient (Wildman–Crippen LogP) is 2.27. The second-order valence-corrected chi connectivity index (χ2v) is 6.68. The number of nitrogens with two attached hydrogens (primary N) is 1. The Morgan fingerprint density at radius 2 is 1.36 bits per heavy atom. The zero-order valence-corrected chi connectivity index (χ0v) is 13.7. The van der Waals surface area contributed by atoms with Gasteiger partial charge in [-0.2, -0.15) is 0 Å². The van der Waals surface area contributed by atoms with Crippen LogP contribution in [0.2, 0.25) is 0 Å². The van der Waals surface area contributed by atoms with E-state index in [1.165, 1.54) is 70.6 Å². The van der Waals surface area contributed by atoms with Crippen LogP contribution in [0.1, 0.15) is 25.7 Å². The quantitative estimate of drug-likeness (QED) is 0.847. The van der Waals surface area contributed by atoms with Crippen LogP contribution in [0, 0.1) is 0 Å². The van der Waals surface area contributed by atoms with Crippen molar-refractivity contribution in [1.29, 1.82) is 0 Å². The second-order valence-electron chi connectivity index (χ2n) is 6.68. The van der Waals surface area contributed by atoms with Crippen LogP contribution < -0.4 is 10.6 Å². The minimum atomic E-state index is 0.849. The summed E-state index contributed by atoms with van der Waals surface area (Å²) in [6.45, 7) is 9.91. The Morgan fingerprint density at radius 1 is 0.727 bits per heavy atom. The van der Waals surface area contributed by atoms with Crippen molar-refractivity contribution in [1.82, 2.24) is 9.80 Å². The number of hydrogen-bond donors (Lipinski definition) is 1. The summed E-state index contributed by atoms with van der Waals surface area (Å²) in [6.07, 6.45) is 5.39. The van der Waals surface area contributed by atoms with Gasteiger partial charge in [0.1, 0.15) is 0 Å². The third-order valence-electron chi connectivity index (χ3n) is 4.99. The highest BCUT2D eigenvalue weighted by molar-refractivity contribution is 5.53. The number of nitrogen functional groups attached to an aromatic ring is 1. The molecule has 0 unspecified atom stereocenters. The number of rotatable bonds is 5. The van der Waals surface area contributed by atoms with Gasteiger partial charge in [-0.15, -0.1) is 0 Å². The van der Waals surface area contributed by atoms with Crippen molar-refractivity contribution in [3.8, 4) is 0 Å². The molecule has 0 atom stereocenters. The lowest BCUT2D eigenvalue weighted by Crippen LogP contribution is -2.33. The smallest absolute Gasteiger partial charge is 0.0368 e. The Bertz CT molecular complexity index is 439. The number of nitrogens with zero attached hydrogens (tertiary/aromatic N) is 3. The molecule has 2 aliphatic rings. The fraction of sp³-hybridized carbons (Fsp3) is 0.667. The number of hydrogen-bond acceptors (Lipinski definition) is 4. The first kappa shape index (κ1) is 15.6. The Balaban J connectivity index is 1.42. The molecular formula is C18H30N4. The van der Waals surface area contributed by atoms with Gasteiger partial charge >= 0.3 is 0 Å². The normalized spacial score (nSPS) is 21.2. The molecular weight excluding hydrogens is 272 g/mol. The summed E-state index contributed by atoms with van der Waals surface area (Å²) < 4.78 is 0. The SMILES string of the molecule is Nc1ccc(N2CCCN(CCCN3CCCC3)CC2)cc1. The minimum absolute atomic E-state index is 0.849. The van der Waals surface area contributed by atoms with E-state index in [9.17, 15) is 0 Å². The summed E-state index contributed by atoms with van der Waals surface area (Å²) >= 11 is 0. The van der Waals surface area contributed by atoms with Crippen molar-refractivity contribution in [3.63, 3.8) is 0 Å². The molecule has 0 amide bonds. The molecule has 0 saturated carbocycles. The van der Waals surface area contributed by atoms with Crippen molar-refractivity contribution >= 4 is 11.4 Å². The third kappa shape index (κ3) is 4.37. The van der Waals surface area contributed by atoms with E-state index in [-0.39, 0.29) is 0 Å². The van der Waals surface area contributed by atoms with E-state index >= 15 is 0 Å². The highest BCUT2D eigenvalue weighted by Gasteiger charge is 2.16. The molecule has 2 N–H and O–H groups in total. The first-order chi connectivity index (χ1) is 10.8. The van der Waals surface area contributed by atoms with Crippen LogP contribution in [0.15, 0.2) is 24.3 Å². The summed E-state index contributed by atoms with van der Waals surface area (Å²) in [7, 11) is 0. The molecule has 1 aromatic carbocycles. The maximum Gasteiger partial charge on any atom is 0.0368 e. The molecule has 0 radical (unpaired) electrons. The van der Waals surface area contributed by atoms with Crippen LogP contribution in [-0.2, 0) is 0 Å². The van der Waals surface area contributed by atoms with Crippen molar-refractivity contribution in [3.05, 3.63) is 24.3 Å². The van der Waals surface area contributed by atoms with Gasteiger partial charge in [0.15, 0.2) is 0 Å². The second kappa shape index (κ2) is 7.84. The standard InChI is InChI=1S/C18H30N4/c19-17-5-7-18(8-6-17)22-14-4-13-21(15-16-22)12-3-11-20-9-1-2-10-20/h5-8H,1-4,9-16,19H2. The van der Waals surface area contributed by atoms with Crippen LogP contribution in [0.25, 0.3) is 0 Å². The molecule has 2 saturated heterocycles. The van der Waals surface area contributed by atoms with E-state index in [0.717, 1.165) is 18.8 Å². The highest BCUT2D eigenvalue weighted by Crippen LogP contribution is 2.18. The Kier molecular flexibility index (Phi) is 5.57. The predicted molar refractivity (Wildman–Crippen MR) is 94.4 cm³/mol. The van der Waals surface area contributed by atoms with Gasteiger partial charge < -0.3 is 20.4 Å². The van der Waals surface area contributed by atoms with Crippen molar-refractivity contribution < 1.29 is 0 Å². The number of likely N-dealkylation sites (tertiary alicyclic amines) is 1. The van der Waals surface area contributed by atoms with Crippen LogP contribution >= 0.6 is 0 Å². The van der Waals surface area contributed by atoms with Crippen molar-refractivity contribution in [2.45, 2.75) is 25.7 Å². The van der Waals surface area contributed by atoms with E-state index < -0.39 is 0 Å². The maximum atomic E-state index is 5.78. The molecule has 2 fully saturated rings. The van der Waals surface area contributed by atoms with Gasteiger partial charge in [0.25, 0.3) is 0 Å². The minimum Gasteiger partial charge on any atom is -0.399 e. The summed E-state index contributed by atoms with van der Waals surface area (Å²) in [5.74, 6) is 0. The van der Waals surface area contributed by atoms with Gasteiger partial charge in [0.2, 0.25) is 0 Å². The number of benzene rings is 1. The highest BCUT2D eigenvalue weighted by atomic mass is 15.2. The Labute approximate surface area is 134 Å². The van der Waals surface area contributed by atoms with Crippen LogP contribution in [-0.4, -0.2) is 62.2 Å². The van der Waals surface area contributed by atoms with Crippen LogP contribution in [0.4, 0.5) is 11.4 Å². The van der Waals surface area contributed by atoms with E-state index in [1.54, 1.807) is 0 Å². The average Bonchev–Trinajstić information content (AvgIpc) is 2.93. The average molecular weight is 302 g/mol. The molecule has 0 bridgehead atoms. The summed E-state index contributed by atoms with van der Waals surface area (Å²) in [5, 5.41) is 0. The summed E-state index contributed by atoms with van der Waals surface area (Å²) in [6, 6.07) is 8.32. The van der Waals surface area contributed by atoms with Crippen LogP contribution in [0.5, 0.6) is 0 Å². The van der Waals surface area contributed by atoms with E-state index in [2.05, 4.69) is 26.8 Å². The lowest BCUT2D eigenvalue weighted by atomic mass is 10.2. The molecule has 122 valence electrons. The van der Waals surface area contributed by atoms with E-state index in [4.69, 9.17) is 5.73 Å². The lowest BCUT2D eigenvalue weighted by molar-refractivity contribution is 0.257. The zero-order chi connectivity index (χ0) is 15.2. The van der Waals surface area contributed by atoms with Gasteiger partial charge in [-0.1, -0.05) is 0 Å². The molecule has 0 aromatic heterocycles. The van der Waals surface area contributed by atoms with E-state index in [1.807, 2.05) is 12.1 Å². The van der Waals surface area contributed by atoms with Gasteiger partial charge in [-0.3, -0.25) is 0 Å². The molecule has 2 heterocycles.